The number of rotatable bonds is 4. The van der Waals surface area contributed by atoms with Crippen LogP contribution < -0.4 is 5.73 Å². The summed E-state index contributed by atoms with van der Waals surface area (Å²) < 4.78 is 25.1. The minimum absolute atomic E-state index is 0. The van der Waals surface area contributed by atoms with E-state index in [4.69, 9.17) is 5.73 Å². The van der Waals surface area contributed by atoms with Crippen LogP contribution in [0.25, 0.3) is 0 Å². The van der Waals surface area contributed by atoms with Gasteiger partial charge in [-0.25, -0.2) is 8.78 Å². The van der Waals surface area contributed by atoms with Crippen LogP contribution in [0.3, 0.4) is 0 Å². The van der Waals surface area contributed by atoms with Gasteiger partial charge in [-0.3, -0.25) is 4.90 Å². The fourth-order valence-electron chi connectivity index (χ4n) is 3.12. The maximum atomic E-state index is 12.6. The number of halogens is 3. The first-order valence-electron chi connectivity index (χ1n) is 7.53. The molecule has 0 radical (unpaired) electrons. The molecule has 124 valence electrons. The van der Waals surface area contributed by atoms with Gasteiger partial charge < -0.3 is 5.73 Å². The van der Waals surface area contributed by atoms with Crippen LogP contribution in [-0.4, -0.2) is 24.0 Å². The second kappa shape index (κ2) is 7.86. The van der Waals surface area contributed by atoms with E-state index in [0.717, 1.165) is 25.2 Å². The van der Waals surface area contributed by atoms with E-state index in [1.807, 2.05) is 18.2 Å². The summed E-state index contributed by atoms with van der Waals surface area (Å²) in [6.07, 6.45) is -2.41. The molecule has 2 aromatic carbocycles. The topological polar surface area (TPSA) is 29.3 Å². The maximum Gasteiger partial charge on any atom is 0.263 e. The molecule has 0 amide bonds. The summed E-state index contributed by atoms with van der Waals surface area (Å²) in [4.78, 5) is 2.29. The number of nitrogens with two attached hydrogens (primary N) is 1. The fourth-order valence-corrected chi connectivity index (χ4v) is 3.12. The second-order valence-corrected chi connectivity index (χ2v) is 5.92. The number of hydrogen-bond acceptors (Lipinski definition) is 2. The first-order valence-corrected chi connectivity index (χ1v) is 7.53. The summed E-state index contributed by atoms with van der Waals surface area (Å²) in [7, 11) is 0. The highest BCUT2D eigenvalue weighted by molar-refractivity contribution is 5.85. The van der Waals surface area contributed by atoms with Gasteiger partial charge in [0.25, 0.3) is 6.43 Å². The minimum Gasteiger partial charge on any atom is -0.326 e. The van der Waals surface area contributed by atoms with E-state index >= 15 is 0 Å². The molecule has 0 bridgehead atoms. The summed E-state index contributed by atoms with van der Waals surface area (Å²) in [6, 6.07) is 17.0. The molecule has 1 aliphatic rings. The molecule has 2 atom stereocenters. The van der Waals surface area contributed by atoms with Crippen molar-refractivity contribution >= 4 is 12.4 Å². The van der Waals surface area contributed by atoms with Gasteiger partial charge in [0.1, 0.15) is 0 Å². The number of alkyl halides is 2. The molecule has 0 saturated carbocycles. The number of likely N-dealkylation sites (tertiary alicyclic amines) is 1. The Hall–Kier alpha value is -1.49. The van der Waals surface area contributed by atoms with Crippen molar-refractivity contribution < 1.29 is 8.78 Å². The molecule has 0 aliphatic carbocycles. The van der Waals surface area contributed by atoms with Gasteiger partial charge in [-0.1, -0.05) is 54.6 Å². The van der Waals surface area contributed by atoms with Crippen molar-refractivity contribution in [3.05, 3.63) is 71.3 Å². The van der Waals surface area contributed by atoms with Crippen molar-refractivity contribution in [3.8, 4) is 0 Å². The molecular formula is C18H21ClF2N2. The van der Waals surface area contributed by atoms with Crippen molar-refractivity contribution in [1.29, 1.82) is 0 Å². The molecule has 3 rings (SSSR count). The van der Waals surface area contributed by atoms with Gasteiger partial charge >= 0.3 is 0 Å². The Morgan fingerprint density at radius 3 is 2.26 bits per heavy atom. The Morgan fingerprint density at radius 2 is 1.65 bits per heavy atom. The van der Waals surface area contributed by atoms with Crippen molar-refractivity contribution in [2.24, 2.45) is 5.73 Å². The Labute approximate surface area is 141 Å². The summed E-state index contributed by atoms with van der Waals surface area (Å²) in [6.45, 7) is 2.48. The highest BCUT2D eigenvalue weighted by atomic mass is 35.5. The molecule has 0 spiro atoms. The molecular weight excluding hydrogens is 318 g/mol. The zero-order valence-electron chi connectivity index (χ0n) is 12.7. The molecule has 2 aromatic rings. The zero-order valence-corrected chi connectivity index (χ0v) is 13.6. The molecule has 1 heterocycles. The van der Waals surface area contributed by atoms with Crippen LogP contribution in [0.4, 0.5) is 8.78 Å². The molecule has 23 heavy (non-hydrogen) atoms. The maximum absolute atomic E-state index is 12.6. The minimum atomic E-state index is -2.41. The van der Waals surface area contributed by atoms with Crippen LogP contribution in [0.5, 0.6) is 0 Å². The summed E-state index contributed by atoms with van der Waals surface area (Å²) in [5, 5.41) is 0. The standard InChI is InChI=1S/C18H20F2N2.ClH/c19-18(20)15-8-6-13(7-9-15)10-22-11-16(17(21)12-22)14-4-2-1-3-5-14;/h1-9,16-18H,10-12,21H2;1H/t16-,17+;/m0./s1. The first kappa shape index (κ1) is 17.9. The van der Waals surface area contributed by atoms with Gasteiger partial charge in [0.2, 0.25) is 0 Å². The van der Waals surface area contributed by atoms with Crippen LogP contribution in [0, 0.1) is 0 Å². The highest BCUT2D eigenvalue weighted by Crippen LogP contribution is 2.27. The molecule has 1 saturated heterocycles. The van der Waals surface area contributed by atoms with E-state index in [9.17, 15) is 8.78 Å². The average Bonchev–Trinajstić information content (AvgIpc) is 2.89. The lowest BCUT2D eigenvalue weighted by Crippen LogP contribution is -2.28. The lowest BCUT2D eigenvalue weighted by Gasteiger charge is -2.16. The van der Waals surface area contributed by atoms with Crippen LogP contribution in [0.2, 0.25) is 0 Å². The van der Waals surface area contributed by atoms with Crippen LogP contribution in [0.15, 0.2) is 54.6 Å². The molecule has 2 nitrogen and oxygen atoms in total. The molecule has 5 heteroatoms. The molecule has 2 N–H and O–H groups in total. The van der Waals surface area contributed by atoms with E-state index in [2.05, 4.69) is 17.0 Å². The van der Waals surface area contributed by atoms with Crippen molar-refractivity contribution in [2.45, 2.75) is 24.9 Å². The molecule has 1 aliphatic heterocycles. The van der Waals surface area contributed by atoms with E-state index in [1.54, 1.807) is 12.1 Å². The van der Waals surface area contributed by atoms with Gasteiger partial charge in [0, 0.05) is 37.2 Å². The Morgan fingerprint density at radius 1 is 1.00 bits per heavy atom. The third-order valence-corrected chi connectivity index (χ3v) is 4.31. The van der Waals surface area contributed by atoms with E-state index in [0.29, 0.717) is 5.92 Å². The smallest absolute Gasteiger partial charge is 0.263 e. The zero-order chi connectivity index (χ0) is 15.5. The van der Waals surface area contributed by atoms with Gasteiger partial charge in [0.05, 0.1) is 0 Å². The molecule has 0 unspecified atom stereocenters. The lowest BCUT2D eigenvalue weighted by molar-refractivity contribution is 0.151. The Kier molecular flexibility index (Phi) is 6.10. The average molecular weight is 339 g/mol. The summed E-state index contributed by atoms with van der Waals surface area (Å²) in [5.41, 5.74) is 8.67. The van der Waals surface area contributed by atoms with E-state index in [-0.39, 0.29) is 24.0 Å². The van der Waals surface area contributed by atoms with Gasteiger partial charge in [-0.15, -0.1) is 12.4 Å². The summed E-state index contributed by atoms with van der Waals surface area (Å²) >= 11 is 0. The quantitative estimate of drug-likeness (QED) is 0.914. The van der Waals surface area contributed by atoms with Crippen molar-refractivity contribution in [1.82, 2.24) is 4.90 Å². The van der Waals surface area contributed by atoms with Gasteiger partial charge in [0.15, 0.2) is 0 Å². The van der Waals surface area contributed by atoms with Crippen molar-refractivity contribution in [3.63, 3.8) is 0 Å². The van der Waals surface area contributed by atoms with Crippen LogP contribution in [0.1, 0.15) is 29.0 Å². The van der Waals surface area contributed by atoms with Crippen LogP contribution in [-0.2, 0) is 6.54 Å². The predicted molar refractivity (Wildman–Crippen MR) is 91.1 cm³/mol. The van der Waals surface area contributed by atoms with E-state index < -0.39 is 6.43 Å². The molecule has 0 aromatic heterocycles. The lowest BCUT2D eigenvalue weighted by atomic mass is 9.95. The van der Waals surface area contributed by atoms with Crippen molar-refractivity contribution in [2.75, 3.05) is 13.1 Å². The third kappa shape index (κ3) is 4.28. The van der Waals surface area contributed by atoms with Gasteiger partial charge in [-0.05, 0) is 11.1 Å². The summed E-state index contributed by atoms with van der Waals surface area (Å²) in [5.74, 6) is 0.335. The largest absolute Gasteiger partial charge is 0.326 e. The SMILES string of the molecule is Cl.N[C@@H]1CN(Cc2ccc(C(F)F)cc2)C[C@H]1c1ccccc1. The second-order valence-electron chi connectivity index (χ2n) is 5.92. The third-order valence-electron chi connectivity index (χ3n) is 4.31. The Balaban J connectivity index is 0.00000192. The van der Waals surface area contributed by atoms with Crippen LogP contribution >= 0.6 is 12.4 Å². The van der Waals surface area contributed by atoms with E-state index in [1.165, 1.54) is 17.7 Å². The number of nitrogens with zero attached hydrogens (tertiary/aromatic N) is 1. The number of hydrogen-bond donors (Lipinski definition) is 1. The normalized spacial score (nSPS) is 21.4. The highest BCUT2D eigenvalue weighted by Gasteiger charge is 2.30. The predicted octanol–water partition coefficient (Wildman–Crippen LogP) is 3.97. The Bertz CT molecular complexity index is 604. The monoisotopic (exact) mass is 338 g/mol. The number of benzene rings is 2. The fraction of sp³-hybridized carbons (Fsp3) is 0.333. The first-order chi connectivity index (χ1) is 10.6. The molecule has 1 fully saturated rings. The van der Waals surface area contributed by atoms with Gasteiger partial charge in [-0.2, -0.15) is 0 Å².